The molecule has 6 aromatic rings. The quantitative estimate of drug-likeness (QED) is 0.293. The molecule has 28 heavy (non-hydrogen) atoms. The first-order chi connectivity index (χ1) is 13.8. The Morgan fingerprint density at radius 2 is 1.57 bits per heavy atom. The maximum atomic E-state index is 13.5. The highest BCUT2D eigenvalue weighted by atomic mass is 16.1. The molecule has 0 aliphatic heterocycles. The summed E-state index contributed by atoms with van der Waals surface area (Å²) >= 11 is 0. The van der Waals surface area contributed by atoms with E-state index in [-0.39, 0.29) is 5.56 Å². The van der Waals surface area contributed by atoms with Crippen LogP contribution >= 0.6 is 0 Å². The van der Waals surface area contributed by atoms with E-state index in [0.29, 0.717) is 0 Å². The summed E-state index contributed by atoms with van der Waals surface area (Å²) < 4.78 is 1.81. The lowest BCUT2D eigenvalue weighted by molar-refractivity contribution is 0.930. The van der Waals surface area contributed by atoms with Crippen molar-refractivity contribution in [3.63, 3.8) is 0 Å². The zero-order chi connectivity index (χ0) is 18.8. The minimum Gasteiger partial charge on any atom is -0.268 e. The number of benzene rings is 4. The second-order valence-corrected chi connectivity index (χ2v) is 7.48. The maximum absolute atomic E-state index is 13.5. The van der Waals surface area contributed by atoms with Crippen LogP contribution in [0.15, 0.2) is 71.5 Å². The fourth-order valence-electron chi connectivity index (χ4n) is 4.69. The highest BCUT2D eigenvalue weighted by Crippen LogP contribution is 2.33. The topological polar surface area (TPSA) is 34.4 Å². The van der Waals surface area contributed by atoms with Gasteiger partial charge < -0.3 is 0 Å². The van der Waals surface area contributed by atoms with Gasteiger partial charge in [0.2, 0.25) is 0 Å². The van der Waals surface area contributed by atoms with Crippen LogP contribution in [0, 0.1) is 0 Å². The largest absolute Gasteiger partial charge is 0.268 e. The van der Waals surface area contributed by atoms with Crippen molar-refractivity contribution in [1.29, 1.82) is 0 Å². The Morgan fingerprint density at radius 1 is 0.821 bits per heavy atom. The number of fused-ring (bicyclic) bond motifs is 3. The predicted molar refractivity (Wildman–Crippen MR) is 117 cm³/mol. The van der Waals surface area contributed by atoms with Gasteiger partial charge in [0.25, 0.3) is 5.56 Å². The summed E-state index contributed by atoms with van der Waals surface area (Å²) in [4.78, 5) is 18.5. The third kappa shape index (κ3) is 1.88. The molecule has 0 N–H and O–H groups in total. The number of rotatable bonds is 2. The second-order valence-electron chi connectivity index (χ2n) is 7.48. The van der Waals surface area contributed by atoms with E-state index in [2.05, 4.69) is 49.4 Å². The van der Waals surface area contributed by atoms with E-state index in [9.17, 15) is 4.79 Å². The molecule has 0 unspecified atom stereocenters. The normalized spacial score (nSPS) is 12.2. The smallest absolute Gasteiger partial charge is 0.264 e. The minimum atomic E-state index is 0.00194. The number of aromatic nitrogens is 2. The zero-order valence-corrected chi connectivity index (χ0v) is 15.6. The average molecular weight is 362 g/mol. The molecular weight excluding hydrogens is 344 g/mol. The van der Waals surface area contributed by atoms with Crippen molar-refractivity contribution >= 4 is 49.0 Å². The molecule has 4 aromatic carbocycles. The van der Waals surface area contributed by atoms with E-state index < -0.39 is 0 Å². The maximum Gasteiger partial charge on any atom is 0.264 e. The Bertz CT molecular complexity index is 1590. The fraction of sp³-hybridized carbons (Fsp3) is 0.120. The van der Waals surface area contributed by atoms with Crippen LogP contribution < -0.4 is 5.56 Å². The van der Waals surface area contributed by atoms with Crippen molar-refractivity contribution < 1.29 is 0 Å². The lowest BCUT2D eigenvalue weighted by atomic mass is 9.98. The molecule has 134 valence electrons. The lowest BCUT2D eigenvalue weighted by Crippen LogP contribution is -2.16. The highest BCUT2D eigenvalue weighted by Gasteiger charge is 2.16. The summed E-state index contributed by atoms with van der Waals surface area (Å²) in [6.45, 7) is 2.19. The van der Waals surface area contributed by atoms with Gasteiger partial charge in [-0.05, 0) is 41.0 Å². The van der Waals surface area contributed by atoms with Crippen molar-refractivity contribution in [1.82, 2.24) is 9.38 Å². The Labute approximate surface area is 161 Å². The Kier molecular flexibility index (Phi) is 3.07. The molecule has 0 saturated carbocycles. The van der Waals surface area contributed by atoms with Gasteiger partial charge in [-0.3, -0.25) is 9.20 Å². The molecule has 0 aliphatic rings. The van der Waals surface area contributed by atoms with E-state index in [1.807, 2.05) is 28.7 Å². The molecule has 0 radical (unpaired) electrons. The predicted octanol–water partition coefficient (Wildman–Crippen LogP) is 5.70. The summed E-state index contributed by atoms with van der Waals surface area (Å²) in [6, 6.07) is 22.6. The summed E-state index contributed by atoms with van der Waals surface area (Å²) in [7, 11) is 0. The fourth-order valence-corrected chi connectivity index (χ4v) is 4.69. The number of hydrogen-bond acceptors (Lipinski definition) is 2. The van der Waals surface area contributed by atoms with Crippen LogP contribution in [0.2, 0.25) is 0 Å². The van der Waals surface area contributed by atoms with Gasteiger partial charge in [0.15, 0.2) is 0 Å². The molecule has 0 spiro atoms. The Hall–Kier alpha value is -3.46. The summed E-state index contributed by atoms with van der Waals surface area (Å²) in [5, 5.41) is 6.13. The molecular formula is C25H18N2O. The average Bonchev–Trinajstić information content (AvgIpc) is 2.73. The summed E-state index contributed by atoms with van der Waals surface area (Å²) in [5.41, 5.74) is 3.93. The molecule has 3 heteroatoms. The molecule has 0 aliphatic carbocycles. The molecule has 3 nitrogen and oxygen atoms in total. The number of aryl methyl sites for hydroxylation is 1. The number of hydrogen-bond donors (Lipinski definition) is 0. The van der Waals surface area contributed by atoms with Gasteiger partial charge in [0.05, 0.1) is 11.0 Å². The number of pyridine rings is 1. The van der Waals surface area contributed by atoms with Gasteiger partial charge in [-0.2, -0.15) is 0 Å². The van der Waals surface area contributed by atoms with E-state index in [0.717, 1.165) is 56.5 Å². The molecule has 2 heterocycles. The molecule has 0 amide bonds. The van der Waals surface area contributed by atoms with Crippen molar-refractivity contribution in [2.45, 2.75) is 19.8 Å². The van der Waals surface area contributed by atoms with Gasteiger partial charge in [0, 0.05) is 21.5 Å². The minimum absolute atomic E-state index is 0.00194. The monoisotopic (exact) mass is 362 g/mol. The molecule has 0 atom stereocenters. The van der Waals surface area contributed by atoms with E-state index in [4.69, 9.17) is 4.98 Å². The van der Waals surface area contributed by atoms with Gasteiger partial charge >= 0.3 is 0 Å². The summed E-state index contributed by atoms with van der Waals surface area (Å²) in [6.07, 6.45) is 2.11. The van der Waals surface area contributed by atoms with Gasteiger partial charge in [-0.25, -0.2) is 4.98 Å². The summed E-state index contributed by atoms with van der Waals surface area (Å²) in [5.74, 6) is 0. The zero-order valence-electron chi connectivity index (χ0n) is 15.6. The standard InChI is InChI=1S/C25H18N2O/c1-2-6-15-13-14-20-23-17(15)9-5-12-21(23)27-24(26-20)18-10-3-7-16-8-4-11-19(22(16)18)25(27)28/h3-5,7-14H,2,6H2,1H3. The Balaban J connectivity index is 1.96. The first-order valence-corrected chi connectivity index (χ1v) is 9.78. The van der Waals surface area contributed by atoms with Crippen LogP contribution in [0.4, 0.5) is 0 Å². The molecule has 0 saturated heterocycles. The van der Waals surface area contributed by atoms with Crippen molar-refractivity contribution in [3.8, 4) is 0 Å². The molecule has 0 bridgehead atoms. The molecule has 2 aromatic heterocycles. The highest BCUT2D eigenvalue weighted by molar-refractivity contribution is 6.17. The van der Waals surface area contributed by atoms with Gasteiger partial charge in [0.1, 0.15) is 5.65 Å². The van der Waals surface area contributed by atoms with E-state index in [1.54, 1.807) is 0 Å². The van der Waals surface area contributed by atoms with Crippen LogP contribution in [-0.4, -0.2) is 9.38 Å². The van der Waals surface area contributed by atoms with Gasteiger partial charge in [-0.15, -0.1) is 0 Å². The first kappa shape index (κ1) is 15.6. The van der Waals surface area contributed by atoms with Gasteiger partial charge in [-0.1, -0.05) is 61.9 Å². The van der Waals surface area contributed by atoms with Crippen LogP contribution in [-0.2, 0) is 6.42 Å². The van der Waals surface area contributed by atoms with Crippen LogP contribution in [0.5, 0.6) is 0 Å². The van der Waals surface area contributed by atoms with E-state index >= 15 is 0 Å². The van der Waals surface area contributed by atoms with Crippen molar-refractivity contribution in [2.24, 2.45) is 0 Å². The van der Waals surface area contributed by atoms with E-state index in [1.165, 1.54) is 10.9 Å². The molecule has 0 fully saturated rings. The third-order valence-electron chi connectivity index (χ3n) is 5.86. The van der Waals surface area contributed by atoms with Crippen molar-refractivity contribution in [3.05, 3.63) is 82.6 Å². The third-order valence-corrected chi connectivity index (χ3v) is 5.86. The molecule has 6 rings (SSSR count). The SMILES string of the molecule is CCCc1ccc2nc3c4cccc5cccc(c(=O)n3c3cccc1c23)c54. The van der Waals surface area contributed by atoms with Crippen LogP contribution in [0.25, 0.3) is 49.0 Å². The Morgan fingerprint density at radius 3 is 2.39 bits per heavy atom. The second kappa shape index (κ2) is 5.52. The van der Waals surface area contributed by atoms with Crippen LogP contribution in [0.3, 0.4) is 0 Å². The number of nitrogens with zero attached hydrogens (tertiary/aromatic N) is 2. The lowest BCUT2D eigenvalue weighted by Gasteiger charge is -2.15. The van der Waals surface area contributed by atoms with Crippen molar-refractivity contribution in [2.75, 3.05) is 0 Å². The van der Waals surface area contributed by atoms with Crippen LogP contribution in [0.1, 0.15) is 18.9 Å². The first-order valence-electron chi connectivity index (χ1n) is 9.78.